The minimum Gasteiger partial charge on any atom is -0.350 e. The summed E-state index contributed by atoms with van der Waals surface area (Å²) in [6, 6.07) is 21.3. The number of imidazole rings is 1. The molecular formula is C26H26N4O3S. The lowest BCUT2D eigenvalue weighted by atomic mass is 10.1. The van der Waals surface area contributed by atoms with Crippen LogP contribution < -0.4 is 9.62 Å². The number of aromatic nitrogens is 2. The van der Waals surface area contributed by atoms with Crippen molar-refractivity contribution in [1.29, 1.82) is 0 Å². The Labute approximate surface area is 199 Å². The van der Waals surface area contributed by atoms with Gasteiger partial charge in [0.1, 0.15) is 6.54 Å². The van der Waals surface area contributed by atoms with E-state index in [-0.39, 0.29) is 18.0 Å². The monoisotopic (exact) mass is 474 g/mol. The number of hydrogen-bond donors (Lipinski definition) is 1. The smallest absolute Gasteiger partial charge is 0.264 e. The summed E-state index contributed by atoms with van der Waals surface area (Å²) in [5.41, 5.74) is 4.04. The van der Waals surface area contributed by atoms with E-state index in [1.807, 2.05) is 61.0 Å². The SMILES string of the molecule is Cc1ccc(N(CC(=O)NCc2ccccc2-n2ccnc2)S(=O)(=O)c2ccccc2)c(C)c1. The quantitative estimate of drug-likeness (QED) is 0.418. The van der Waals surface area contributed by atoms with Crippen LogP contribution in [0.25, 0.3) is 5.69 Å². The fourth-order valence-corrected chi connectivity index (χ4v) is 5.31. The highest BCUT2D eigenvalue weighted by atomic mass is 32.2. The largest absolute Gasteiger partial charge is 0.350 e. The molecule has 0 saturated heterocycles. The van der Waals surface area contributed by atoms with Gasteiger partial charge in [0, 0.05) is 18.9 Å². The van der Waals surface area contributed by atoms with Crippen molar-refractivity contribution in [3.05, 3.63) is 108 Å². The van der Waals surface area contributed by atoms with Gasteiger partial charge < -0.3 is 9.88 Å². The van der Waals surface area contributed by atoms with Gasteiger partial charge in [0.05, 0.1) is 22.6 Å². The number of carbonyl (C=O) groups excluding carboxylic acids is 1. The molecule has 34 heavy (non-hydrogen) atoms. The van der Waals surface area contributed by atoms with Crippen molar-refractivity contribution >= 4 is 21.6 Å². The van der Waals surface area contributed by atoms with Gasteiger partial charge in [0.25, 0.3) is 10.0 Å². The van der Waals surface area contributed by atoms with E-state index >= 15 is 0 Å². The van der Waals surface area contributed by atoms with Crippen LogP contribution in [0.2, 0.25) is 0 Å². The third kappa shape index (κ3) is 5.02. The first-order chi connectivity index (χ1) is 16.4. The van der Waals surface area contributed by atoms with Crippen LogP contribution in [0.15, 0.2) is 96.4 Å². The van der Waals surface area contributed by atoms with Gasteiger partial charge in [-0.15, -0.1) is 0 Å². The first-order valence-corrected chi connectivity index (χ1v) is 12.3. The zero-order valence-corrected chi connectivity index (χ0v) is 19.9. The Hall–Kier alpha value is -3.91. The van der Waals surface area contributed by atoms with Gasteiger partial charge in [0.2, 0.25) is 5.91 Å². The molecular weight excluding hydrogens is 448 g/mol. The van der Waals surface area contributed by atoms with Crippen molar-refractivity contribution in [3.63, 3.8) is 0 Å². The van der Waals surface area contributed by atoms with Crippen LogP contribution in [-0.2, 0) is 21.4 Å². The van der Waals surface area contributed by atoms with E-state index in [2.05, 4.69) is 10.3 Å². The molecule has 0 aliphatic carbocycles. The molecule has 0 bridgehead atoms. The van der Waals surface area contributed by atoms with Crippen LogP contribution in [0.3, 0.4) is 0 Å². The Bertz CT molecular complexity index is 1380. The second-order valence-electron chi connectivity index (χ2n) is 7.99. The molecule has 0 radical (unpaired) electrons. The Morgan fingerprint density at radius 1 is 1.00 bits per heavy atom. The number of nitrogens with zero attached hydrogens (tertiary/aromatic N) is 3. The summed E-state index contributed by atoms with van der Waals surface area (Å²) in [4.78, 5) is 17.2. The lowest BCUT2D eigenvalue weighted by molar-refractivity contribution is -0.119. The van der Waals surface area contributed by atoms with Crippen LogP contribution in [0.1, 0.15) is 16.7 Å². The van der Waals surface area contributed by atoms with Gasteiger partial charge >= 0.3 is 0 Å². The van der Waals surface area contributed by atoms with E-state index < -0.39 is 15.9 Å². The number of carbonyl (C=O) groups is 1. The zero-order valence-electron chi connectivity index (χ0n) is 19.0. The van der Waals surface area contributed by atoms with E-state index in [1.54, 1.807) is 36.8 Å². The van der Waals surface area contributed by atoms with Crippen LogP contribution >= 0.6 is 0 Å². The van der Waals surface area contributed by atoms with Crippen LogP contribution in [0, 0.1) is 13.8 Å². The van der Waals surface area contributed by atoms with Gasteiger partial charge in [-0.1, -0.05) is 54.1 Å². The van der Waals surface area contributed by atoms with E-state index in [4.69, 9.17) is 0 Å². The molecule has 4 rings (SSSR count). The molecule has 0 aliphatic heterocycles. The third-order valence-electron chi connectivity index (χ3n) is 5.49. The maximum absolute atomic E-state index is 13.5. The Morgan fingerprint density at radius 3 is 2.44 bits per heavy atom. The van der Waals surface area contributed by atoms with Crippen LogP contribution in [0.5, 0.6) is 0 Å². The van der Waals surface area contributed by atoms with Crippen molar-refractivity contribution in [2.45, 2.75) is 25.3 Å². The molecule has 8 heteroatoms. The van der Waals surface area contributed by atoms with Gasteiger partial charge in [-0.3, -0.25) is 9.10 Å². The van der Waals surface area contributed by atoms with Gasteiger partial charge in [-0.2, -0.15) is 0 Å². The molecule has 0 fully saturated rings. The minimum absolute atomic E-state index is 0.133. The number of benzene rings is 3. The molecule has 1 amide bonds. The summed E-state index contributed by atoms with van der Waals surface area (Å²) in [5, 5.41) is 2.88. The van der Waals surface area contributed by atoms with Gasteiger partial charge in [-0.25, -0.2) is 13.4 Å². The second kappa shape index (κ2) is 9.93. The lowest BCUT2D eigenvalue weighted by Crippen LogP contribution is -2.41. The molecule has 0 aliphatic rings. The van der Waals surface area contributed by atoms with E-state index in [9.17, 15) is 13.2 Å². The average molecular weight is 475 g/mol. The molecule has 4 aromatic rings. The topological polar surface area (TPSA) is 84.3 Å². The van der Waals surface area contributed by atoms with Crippen molar-refractivity contribution in [2.75, 3.05) is 10.8 Å². The fraction of sp³-hybridized carbons (Fsp3) is 0.154. The molecule has 3 aromatic carbocycles. The summed E-state index contributed by atoms with van der Waals surface area (Å²) >= 11 is 0. The molecule has 0 unspecified atom stereocenters. The zero-order chi connectivity index (χ0) is 24.1. The Balaban J connectivity index is 1.60. The highest BCUT2D eigenvalue weighted by Crippen LogP contribution is 2.27. The molecule has 0 spiro atoms. The summed E-state index contributed by atoms with van der Waals surface area (Å²) in [6.07, 6.45) is 5.20. The maximum atomic E-state index is 13.5. The minimum atomic E-state index is -3.95. The summed E-state index contributed by atoms with van der Waals surface area (Å²) < 4.78 is 30.1. The number of rotatable bonds is 8. The first kappa shape index (κ1) is 23.3. The van der Waals surface area contributed by atoms with Gasteiger partial charge in [-0.05, 0) is 49.2 Å². The second-order valence-corrected chi connectivity index (χ2v) is 9.85. The highest BCUT2D eigenvalue weighted by molar-refractivity contribution is 7.92. The number of anilines is 1. The number of nitrogens with one attached hydrogen (secondary N) is 1. The first-order valence-electron chi connectivity index (χ1n) is 10.8. The standard InChI is InChI=1S/C26H26N4O3S/c1-20-12-13-24(21(2)16-20)30(34(32,33)23-9-4-3-5-10-23)18-26(31)28-17-22-8-6-7-11-25(22)29-15-14-27-19-29/h3-16,19H,17-18H2,1-2H3,(H,28,31). The Morgan fingerprint density at radius 2 is 1.74 bits per heavy atom. The lowest BCUT2D eigenvalue weighted by Gasteiger charge is -2.26. The van der Waals surface area contributed by atoms with Crippen LogP contribution in [-0.4, -0.2) is 30.4 Å². The highest BCUT2D eigenvalue weighted by Gasteiger charge is 2.28. The molecule has 0 atom stereocenters. The maximum Gasteiger partial charge on any atom is 0.264 e. The molecule has 174 valence electrons. The molecule has 7 nitrogen and oxygen atoms in total. The molecule has 1 N–H and O–H groups in total. The van der Waals surface area contributed by atoms with E-state index in [0.717, 1.165) is 22.4 Å². The molecule has 1 heterocycles. The van der Waals surface area contributed by atoms with Crippen LogP contribution in [0.4, 0.5) is 5.69 Å². The van der Waals surface area contributed by atoms with Gasteiger partial charge in [0.15, 0.2) is 0 Å². The van der Waals surface area contributed by atoms with E-state index in [0.29, 0.717) is 5.69 Å². The summed E-state index contributed by atoms with van der Waals surface area (Å²) in [7, 11) is -3.95. The van der Waals surface area contributed by atoms with Crippen molar-refractivity contribution in [2.24, 2.45) is 0 Å². The Kier molecular flexibility index (Phi) is 6.79. The predicted molar refractivity (Wildman–Crippen MR) is 132 cm³/mol. The number of para-hydroxylation sites is 1. The number of hydrogen-bond acceptors (Lipinski definition) is 4. The molecule has 0 saturated carbocycles. The van der Waals surface area contributed by atoms with E-state index in [1.165, 1.54) is 16.4 Å². The average Bonchev–Trinajstić information content (AvgIpc) is 3.37. The number of sulfonamides is 1. The predicted octanol–water partition coefficient (Wildman–Crippen LogP) is 4.00. The van der Waals surface area contributed by atoms with Crippen molar-refractivity contribution in [1.82, 2.24) is 14.9 Å². The normalized spacial score (nSPS) is 11.2. The number of amides is 1. The fourth-order valence-electron chi connectivity index (χ4n) is 3.80. The summed E-state index contributed by atoms with van der Waals surface area (Å²) in [6.45, 7) is 3.69. The molecule has 1 aromatic heterocycles. The number of aryl methyl sites for hydroxylation is 2. The summed E-state index contributed by atoms with van der Waals surface area (Å²) in [5.74, 6) is -0.403. The van der Waals surface area contributed by atoms with Crippen molar-refractivity contribution in [3.8, 4) is 5.69 Å². The van der Waals surface area contributed by atoms with Crippen molar-refractivity contribution < 1.29 is 13.2 Å². The third-order valence-corrected chi connectivity index (χ3v) is 7.26.